The van der Waals surface area contributed by atoms with Crippen molar-refractivity contribution in [2.45, 2.75) is 13.3 Å². The molecule has 0 aliphatic carbocycles. The average Bonchev–Trinajstić information content (AvgIpc) is 2.88. The Bertz CT molecular complexity index is 983. The van der Waals surface area contributed by atoms with E-state index in [2.05, 4.69) is 9.83 Å². The van der Waals surface area contributed by atoms with E-state index < -0.39 is 5.91 Å². The Morgan fingerprint density at radius 3 is 2.88 bits per heavy atom. The lowest BCUT2D eigenvalue weighted by atomic mass is 10.1. The molecule has 120 valence electrons. The number of fused-ring (bicyclic) bond motifs is 1. The van der Waals surface area contributed by atoms with Gasteiger partial charge in [-0.05, 0) is 42.3 Å². The van der Waals surface area contributed by atoms with Gasteiger partial charge in [0.25, 0.3) is 5.91 Å². The van der Waals surface area contributed by atoms with Crippen LogP contribution < -0.4 is 5.48 Å². The third-order valence-corrected chi connectivity index (χ3v) is 4.06. The maximum atomic E-state index is 11.5. The van der Waals surface area contributed by atoms with Gasteiger partial charge in [0.05, 0.1) is 17.6 Å². The molecule has 2 aromatic carbocycles. The number of nitrogens with one attached hydrogen (secondary N) is 1. The summed E-state index contributed by atoms with van der Waals surface area (Å²) < 4.78 is 1.96. The molecule has 0 saturated heterocycles. The fourth-order valence-electron chi connectivity index (χ4n) is 2.73. The molecule has 1 heterocycles. The molecule has 0 atom stereocenters. The number of imidazole rings is 1. The maximum absolute atomic E-state index is 11.5. The van der Waals surface area contributed by atoms with Gasteiger partial charge in [-0.15, -0.1) is 0 Å². The molecule has 3 aromatic rings. The van der Waals surface area contributed by atoms with Gasteiger partial charge < -0.3 is 4.57 Å². The number of benzene rings is 2. The van der Waals surface area contributed by atoms with Gasteiger partial charge in [0.1, 0.15) is 5.82 Å². The van der Waals surface area contributed by atoms with E-state index in [9.17, 15) is 4.79 Å². The van der Waals surface area contributed by atoms with Gasteiger partial charge in [0, 0.05) is 19.0 Å². The van der Waals surface area contributed by atoms with Crippen LogP contribution in [0.3, 0.4) is 0 Å². The highest BCUT2D eigenvalue weighted by molar-refractivity contribution is 5.93. The molecule has 24 heavy (non-hydrogen) atoms. The van der Waals surface area contributed by atoms with Crippen LogP contribution in [0.1, 0.15) is 27.3 Å². The summed E-state index contributed by atoms with van der Waals surface area (Å²) in [5, 5.41) is 8.74. The van der Waals surface area contributed by atoms with E-state index in [1.54, 1.807) is 23.7 Å². The van der Waals surface area contributed by atoms with Crippen molar-refractivity contribution in [2.75, 3.05) is 0 Å². The molecule has 0 fully saturated rings. The molecular formula is C18H16N4O2. The summed E-state index contributed by atoms with van der Waals surface area (Å²) in [4.78, 5) is 19.7. The summed E-state index contributed by atoms with van der Waals surface area (Å²) in [7, 11) is 1.91. The minimum Gasteiger partial charge on any atom is -0.332 e. The molecular weight excluding hydrogens is 304 g/mol. The molecule has 1 aromatic heterocycles. The Morgan fingerprint density at radius 1 is 1.38 bits per heavy atom. The molecule has 1 amide bonds. The lowest BCUT2D eigenvalue weighted by Gasteiger charge is -2.05. The third-order valence-electron chi connectivity index (χ3n) is 4.06. The van der Waals surface area contributed by atoms with E-state index in [1.165, 1.54) is 0 Å². The highest BCUT2D eigenvalue weighted by Gasteiger charge is 2.12. The predicted octanol–water partition coefficient (Wildman–Crippen LogP) is 3.14. The zero-order valence-electron chi connectivity index (χ0n) is 13.4. The van der Waals surface area contributed by atoms with Gasteiger partial charge in [-0.2, -0.15) is 0 Å². The minimum atomic E-state index is -0.542. The van der Waals surface area contributed by atoms with Crippen LogP contribution in [0, 0.1) is 13.5 Å². The smallest absolute Gasteiger partial charge is 0.274 e. The number of hydroxylamine groups is 1. The van der Waals surface area contributed by atoms with Crippen LogP contribution >= 0.6 is 0 Å². The Morgan fingerprint density at radius 2 is 2.17 bits per heavy atom. The number of amides is 1. The molecule has 0 spiro atoms. The number of hydrogen-bond acceptors (Lipinski definition) is 3. The lowest BCUT2D eigenvalue weighted by molar-refractivity contribution is 0.0706. The lowest BCUT2D eigenvalue weighted by Crippen LogP contribution is -2.18. The highest BCUT2D eigenvalue weighted by atomic mass is 16.5. The number of hydrogen-bond donors (Lipinski definition) is 2. The Kier molecular flexibility index (Phi) is 4.02. The van der Waals surface area contributed by atoms with Crippen molar-refractivity contribution in [1.82, 2.24) is 15.0 Å². The van der Waals surface area contributed by atoms with E-state index >= 15 is 0 Å². The van der Waals surface area contributed by atoms with Crippen molar-refractivity contribution in [2.24, 2.45) is 7.05 Å². The van der Waals surface area contributed by atoms with Crippen LogP contribution in [0.5, 0.6) is 0 Å². The minimum absolute atomic E-state index is 0.389. The largest absolute Gasteiger partial charge is 0.332 e. The molecule has 6 nitrogen and oxygen atoms in total. The Hall–Kier alpha value is -3.17. The van der Waals surface area contributed by atoms with E-state index in [-0.39, 0.29) is 0 Å². The van der Waals surface area contributed by atoms with Gasteiger partial charge in [0.15, 0.2) is 5.69 Å². The molecule has 0 radical (unpaired) electrons. The summed E-state index contributed by atoms with van der Waals surface area (Å²) in [5.41, 5.74) is 6.23. The fourth-order valence-corrected chi connectivity index (χ4v) is 2.73. The van der Waals surface area contributed by atoms with E-state index in [0.717, 1.165) is 28.0 Å². The van der Waals surface area contributed by atoms with Gasteiger partial charge in [-0.25, -0.2) is 15.3 Å². The number of carbonyl (C=O) groups is 1. The Balaban J connectivity index is 2.01. The fraction of sp³-hybridized carbons (Fsp3) is 0.167. The topological polar surface area (TPSA) is 71.5 Å². The number of nitrogens with zero attached hydrogens (tertiary/aromatic N) is 3. The molecule has 0 aliphatic heterocycles. The van der Waals surface area contributed by atoms with Crippen LogP contribution in [0.2, 0.25) is 0 Å². The van der Waals surface area contributed by atoms with Crippen molar-refractivity contribution in [3.05, 3.63) is 70.3 Å². The van der Waals surface area contributed by atoms with Crippen molar-refractivity contribution >= 4 is 22.6 Å². The van der Waals surface area contributed by atoms with Gasteiger partial charge in [-0.3, -0.25) is 10.0 Å². The molecule has 0 aliphatic rings. The second kappa shape index (κ2) is 6.14. The van der Waals surface area contributed by atoms with Crippen molar-refractivity contribution in [3.63, 3.8) is 0 Å². The zero-order valence-corrected chi connectivity index (χ0v) is 13.4. The molecule has 2 N–H and O–H groups in total. The van der Waals surface area contributed by atoms with Gasteiger partial charge in [0.2, 0.25) is 0 Å². The molecule has 0 saturated carbocycles. The summed E-state index contributed by atoms with van der Waals surface area (Å²) in [6.45, 7) is 9.14. The van der Waals surface area contributed by atoms with Crippen molar-refractivity contribution in [3.8, 4) is 0 Å². The van der Waals surface area contributed by atoms with E-state index in [4.69, 9.17) is 11.8 Å². The van der Waals surface area contributed by atoms with Crippen LogP contribution in [-0.2, 0) is 13.5 Å². The third kappa shape index (κ3) is 2.73. The SMILES string of the molecule is [C-]#[N+]c1cc2c(cc1C)nc(Cc1cccc(C(=O)NO)c1)n2C. The summed E-state index contributed by atoms with van der Waals surface area (Å²) in [6.07, 6.45) is 0.546. The van der Waals surface area contributed by atoms with Crippen molar-refractivity contribution in [1.29, 1.82) is 0 Å². The average molecular weight is 320 g/mol. The van der Waals surface area contributed by atoms with Crippen LogP contribution in [0.25, 0.3) is 15.9 Å². The van der Waals surface area contributed by atoms with Crippen LogP contribution in [0.4, 0.5) is 5.69 Å². The summed E-state index contributed by atoms with van der Waals surface area (Å²) in [6, 6.07) is 10.8. The monoisotopic (exact) mass is 320 g/mol. The summed E-state index contributed by atoms with van der Waals surface area (Å²) in [5.74, 6) is 0.298. The molecule has 0 unspecified atom stereocenters. The van der Waals surface area contributed by atoms with Crippen molar-refractivity contribution < 1.29 is 10.0 Å². The van der Waals surface area contributed by atoms with E-state index in [1.807, 2.05) is 36.7 Å². The van der Waals surface area contributed by atoms with Gasteiger partial charge in [-0.1, -0.05) is 12.1 Å². The number of aryl methyl sites for hydroxylation is 2. The second-order valence-electron chi connectivity index (χ2n) is 5.64. The standard InChI is InChI=1S/C18H16N4O2/c1-11-7-15-16(10-14(11)19-2)22(3)17(20-15)9-12-5-4-6-13(8-12)18(23)21-24/h4-8,10,24H,9H2,1,3H3,(H,21,23). The first-order chi connectivity index (χ1) is 11.5. The van der Waals surface area contributed by atoms with Crippen LogP contribution in [0.15, 0.2) is 36.4 Å². The van der Waals surface area contributed by atoms with Gasteiger partial charge >= 0.3 is 0 Å². The second-order valence-corrected chi connectivity index (χ2v) is 5.64. The first-order valence-electron chi connectivity index (χ1n) is 7.40. The zero-order chi connectivity index (χ0) is 17.3. The molecule has 3 rings (SSSR count). The highest BCUT2D eigenvalue weighted by Crippen LogP contribution is 2.26. The Labute approximate surface area is 139 Å². The molecule has 0 bridgehead atoms. The maximum Gasteiger partial charge on any atom is 0.274 e. The normalized spacial score (nSPS) is 10.6. The summed E-state index contributed by atoms with van der Waals surface area (Å²) >= 11 is 0. The van der Waals surface area contributed by atoms with Crippen LogP contribution in [-0.4, -0.2) is 20.7 Å². The first kappa shape index (κ1) is 15.7. The first-order valence-corrected chi connectivity index (χ1v) is 7.40. The number of rotatable bonds is 3. The number of carbonyl (C=O) groups excluding carboxylic acids is 1. The van der Waals surface area contributed by atoms with E-state index in [0.29, 0.717) is 17.7 Å². The predicted molar refractivity (Wildman–Crippen MR) is 90.2 cm³/mol. The molecule has 6 heteroatoms. The quantitative estimate of drug-likeness (QED) is 0.442. The number of aromatic nitrogens is 2.